The summed E-state index contributed by atoms with van der Waals surface area (Å²) in [6.45, 7) is 0.742. The first-order valence-electron chi connectivity index (χ1n) is 6.04. The minimum Gasteiger partial charge on any atom is -0.327 e. The first-order chi connectivity index (χ1) is 8.31. The van der Waals surface area contributed by atoms with E-state index < -0.39 is 0 Å². The Morgan fingerprint density at radius 1 is 1.41 bits per heavy atom. The molecule has 1 aliphatic heterocycles. The Morgan fingerprint density at radius 3 is 2.88 bits per heavy atom. The van der Waals surface area contributed by atoms with Crippen LogP contribution in [0.25, 0.3) is 0 Å². The van der Waals surface area contributed by atoms with E-state index >= 15 is 0 Å². The molecule has 0 N–H and O–H groups in total. The summed E-state index contributed by atoms with van der Waals surface area (Å²) < 4.78 is 0. The molecule has 1 saturated heterocycles. The van der Waals surface area contributed by atoms with Gasteiger partial charge in [0.05, 0.1) is 6.07 Å². The summed E-state index contributed by atoms with van der Waals surface area (Å²) in [6.07, 6.45) is 3.04. The Labute approximate surface area is 102 Å². The number of nitrogens with zero attached hydrogens (tertiary/aromatic N) is 2. The summed E-state index contributed by atoms with van der Waals surface area (Å²) in [6, 6.07) is 12.0. The number of carbonyl (C=O) groups excluding carboxylic acids is 1. The van der Waals surface area contributed by atoms with Crippen LogP contribution < -0.4 is 0 Å². The van der Waals surface area contributed by atoms with Crippen molar-refractivity contribution < 1.29 is 4.79 Å². The van der Waals surface area contributed by atoms with Gasteiger partial charge in [-0.25, -0.2) is 0 Å². The molecule has 0 radical (unpaired) electrons. The van der Waals surface area contributed by atoms with Gasteiger partial charge in [0.15, 0.2) is 0 Å². The fourth-order valence-corrected chi connectivity index (χ4v) is 2.24. The van der Waals surface area contributed by atoms with Crippen LogP contribution in [-0.4, -0.2) is 23.4 Å². The molecule has 0 spiro atoms. The zero-order valence-electron chi connectivity index (χ0n) is 9.80. The molecule has 0 bridgehead atoms. The van der Waals surface area contributed by atoms with Crippen molar-refractivity contribution in [3.8, 4) is 6.07 Å². The smallest absolute Gasteiger partial charge is 0.223 e. The number of aryl methyl sites for hydroxylation is 1. The van der Waals surface area contributed by atoms with E-state index in [1.54, 1.807) is 4.90 Å². The van der Waals surface area contributed by atoms with E-state index in [9.17, 15) is 4.79 Å². The monoisotopic (exact) mass is 228 g/mol. The molecule has 0 aromatic heterocycles. The van der Waals surface area contributed by atoms with Crippen LogP contribution in [-0.2, 0) is 11.2 Å². The normalized spacial score (nSPS) is 19.0. The molecular weight excluding hydrogens is 212 g/mol. The fourth-order valence-electron chi connectivity index (χ4n) is 2.24. The lowest BCUT2D eigenvalue weighted by Crippen LogP contribution is -2.34. The SMILES string of the molecule is N#CC1CCCN1C(=O)CCc1ccccc1. The highest BCUT2D eigenvalue weighted by Gasteiger charge is 2.27. The third-order valence-corrected chi connectivity index (χ3v) is 3.19. The number of benzene rings is 1. The molecule has 3 nitrogen and oxygen atoms in total. The minimum absolute atomic E-state index is 0.109. The van der Waals surface area contributed by atoms with E-state index in [0.717, 1.165) is 25.8 Å². The molecule has 0 saturated carbocycles. The van der Waals surface area contributed by atoms with Crippen LogP contribution in [0.3, 0.4) is 0 Å². The van der Waals surface area contributed by atoms with E-state index in [1.165, 1.54) is 5.56 Å². The minimum atomic E-state index is -0.196. The van der Waals surface area contributed by atoms with Crippen LogP contribution in [0.1, 0.15) is 24.8 Å². The molecule has 3 heteroatoms. The van der Waals surface area contributed by atoms with Crippen LogP contribution in [0.4, 0.5) is 0 Å². The molecule has 1 aromatic rings. The average Bonchev–Trinajstić information content (AvgIpc) is 2.85. The van der Waals surface area contributed by atoms with Crippen molar-refractivity contribution in [3.05, 3.63) is 35.9 Å². The lowest BCUT2D eigenvalue weighted by atomic mass is 10.1. The summed E-state index contributed by atoms with van der Waals surface area (Å²) in [5.41, 5.74) is 1.17. The molecular formula is C14H16N2O. The highest BCUT2D eigenvalue weighted by atomic mass is 16.2. The third kappa shape index (κ3) is 2.85. The maximum Gasteiger partial charge on any atom is 0.223 e. The summed E-state index contributed by atoms with van der Waals surface area (Å²) >= 11 is 0. The number of likely N-dealkylation sites (tertiary alicyclic amines) is 1. The highest BCUT2D eigenvalue weighted by Crippen LogP contribution is 2.18. The van der Waals surface area contributed by atoms with E-state index in [-0.39, 0.29) is 11.9 Å². The number of amides is 1. The van der Waals surface area contributed by atoms with E-state index in [0.29, 0.717) is 6.42 Å². The maximum atomic E-state index is 12.0. The van der Waals surface area contributed by atoms with Gasteiger partial charge in [0.1, 0.15) is 6.04 Å². The van der Waals surface area contributed by atoms with Crippen molar-refractivity contribution in [1.29, 1.82) is 5.26 Å². The van der Waals surface area contributed by atoms with Gasteiger partial charge in [-0.3, -0.25) is 4.79 Å². The number of rotatable bonds is 3. The van der Waals surface area contributed by atoms with Gasteiger partial charge in [0.2, 0.25) is 5.91 Å². The van der Waals surface area contributed by atoms with Crippen molar-refractivity contribution in [1.82, 2.24) is 4.90 Å². The average molecular weight is 228 g/mol. The molecule has 0 aliphatic carbocycles. The van der Waals surface area contributed by atoms with Crippen molar-refractivity contribution in [2.75, 3.05) is 6.54 Å². The maximum absolute atomic E-state index is 12.0. The van der Waals surface area contributed by atoms with E-state index in [1.807, 2.05) is 30.3 Å². The van der Waals surface area contributed by atoms with Gasteiger partial charge in [-0.1, -0.05) is 30.3 Å². The molecule has 1 atom stereocenters. The predicted molar refractivity (Wildman–Crippen MR) is 65.1 cm³/mol. The first-order valence-corrected chi connectivity index (χ1v) is 6.04. The molecule has 1 fully saturated rings. The van der Waals surface area contributed by atoms with Gasteiger partial charge >= 0.3 is 0 Å². The van der Waals surface area contributed by atoms with Gasteiger partial charge in [-0.15, -0.1) is 0 Å². The number of nitriles is 1. The molecule has 1 aliphatic rings. The number of hydrogen-bond acceptors (Lipinski definition) is 2. The summed E-state index contributed by atoms with van der Waals surface area (Å²) in [4.78, 5) is 13.7. The Bertz CT molecular complexity index is 422. The third-order valence-electron chi connectivity index (χ3n) is 3.19. The lowest BCUT2D eigenvalue weighted by molar-refractivity contribution is -0.131. The topological polar surface area (TPSA) is 44.1 Å². The van der Waals surface area contributed by atoms with Crippen molar-refractivity contribution in [3.63, 3.8) is 0 Å². The molecule has 1 amide bonds. The van der Waals surface area contributed by atoms with Crippen molar-refractivity contribution >= 4 is 5.91 Å². The van der Waals surface area contributed by atoms with Gasteiger partial charge < -0.3 is 4.90 Å². The van der Waals surface area contributed by atoms with E-state index in [4.69, 9.17) is 5.26 Å². The van der Waals surface area contributed by atoms with E-state index in [2.05, 4.69) is 6.07 Å². The van der Waals surface area contributed by atoms with Crippen molar-refractivity contribution in [2.45, 2.75) is 31.7 Å². The summed E-state index contributed by atoms with van der Waals surface area (Å²) in [5.74, 6) is 0.109. The first kappa shape index (κ1) is 11.7. The summed E-state index contributed by atoms with van der Waals surface area (Å²) in [7, 11) is 0. The molecule has 88 valence electrons. The molecule has 1 unspecified atom stereocenters. The van der Waals surface area contributed by atoms with Gasteiger partial charge in [-0.2, -0.15) is 5.26 Å². The number of carbonyl (C=O) groups is 1. The molecule has 1 heterocycles. The van der Waals surface area contributed by atoms with Crippen LogP contribution >= 0.6 is 0 Å². The lowest BCUT2D eigenvalue weighted by Gasteiger charge is -2.19. The van der Waals surface area contributed by atoms with Gasteiger partial charge in [0, 0.05) is 13.0 Å². The Hall–Kier alpha value is -1.82. The predicted octanol–water partition coefficient (Wildman–Crippen LogP) is 2.13. The van der Waals surface area contributed by atoms with Gasteiger partial charge in [0.25, 0.3) is 0 Å². The molecule has 17 heavy (non-hydrogen) atoms. The van der Waals surface area contributed by atoms with Crippen LogP contribution in [0.15, 0.2) is 30.3 Å². The second-order valence-corrected chi connectivity index (χ2v) is 4.36. The zero-order valence-corrected chi connectivity index (χ0v) is 9.80. The number of hydrogen-bond donors (Lipinski definition) is 0. The van der Waals surface area contributed by atoms with Crippen LogP contribution in [0.2, 0.25) is 0 Å². The van der Waals surface area contributed by atoms with Crippen LogP contribution in [0.5, 0.6) is 0 Å². The summed E-state index contributed by atoms with van der Waals surface area (Å²) in [5, 5.41) is 8.93. The standard InChI is InChI=1S/C14H16N2O/c15-11-13-7-4-10-16(13)14(17)9-8-12-5-2-1-3-6-12/h1-3,5-6,13H,4,7-10H2. The molecule has 2 rings (SSSR count). The second kappa shape index (κ2) is 5.49. The Morgan fingerprint density at radius 2 is 2.18 bits per heavy atom. The largest absolute Gasteiger partial charge is 0.327 e. The Kier molecular flexibility index (Phi) is 3.77. The second-order valence-electron chi connectivity index (χ2n) is 4.36. The fraction of sp³-hybridized carbons (Fsp3) is 0.429. The Balaban J connectivity index is 1.88. The van der Waals surface area contributed by atoms with Gasteiger partial charge in [-0.05, 0) is 24.8 Å². The highest BCUT2D eigenvalue weighted by molar-refractivity contribution is 5.77. The molecule has 1 aromatic carbocycles. The van der Waals surface area contributed by atoms with Crippen molar-refractivity contribution in [2.24, 2.45) is 0 Å². The quantitative estimate of drug-likeness (QED) is 0.795. The van der Waals surface area contributed by atoms with Crippen LogP contribution in [0, 0.1) is 11.3 Å². The zero-order chi connectivity index (χ0) is 12.1.